The molecular formula is C27H24N2O4S2. The largest absolute Gasteiger partial charge is 0.493 e. The van der Waals surface area contributed by atoms with E-state index in [4.69, 9.17) is 21.7 Å². The molecule has 3 aromatic rings. The number of aryl methyl sites for hydroxylation is 1. The molecule has 6 nitrogen and oxygen atoms in total. The molecule has 4 rings (SSSR count). The van der Waals surface area contributed by atoms with E-state index >= 15 is 0 Å². The van der Waals surface area contributed by atoms with Crippen LogP contribution in [0, 0.1) is 13.8 Å². The lowest BCUT2D eigenvalue weighted by molar-refractivity contribution is -0.118. The predicted octanol–water partition coefficient (Wildman–Crippen LogP) is 5.74. The number of para-hydroxylation sites is 1. The monoisotopic (exact) mass is 504 g/mol. The van der Waals surface area contributed by atoms with Gasteiger partial charge in [-0.15, -0.1) is 0 Å². The summed E-state index contributed by atoms with van der Waals surface area (Å²) in [5.41, 5.74) is 4.36. The highest BCUT2D eigenvalue weighted by molar-refractivity contribution is 8.27. The van der Waals surface area contributed by atoms with Crippen LogP contribution in [0.2, 0.25) is 0 Å². The van der Waals surface area contributed by atoms with Crippen molar-refractivity contribution in [2.75, 3.05) is 23.9 Å². The van der Waals surface area contributed by atoms with Crippen molar-refractivity contribution in [3.63, 3.8) is 0 Å². The van der Waals surface area contributed by atoms with E-state index < -0.39 is 0 Å². The van der Waals surface area contributed by atoms with Crippen LogP contribution in [-0.2, 0) is 9.59 Å². The number of ether oxygens (including phenoxy) is 2. The molecule has 0 aromatic heterocycles. The van der Waals surface area contributed by atoms with Gasteiger partial charge >= 0.3 is 0 Å². The Kier molecular flexibility index (Phi) is 7.53. The fourth-order valence-corrected chi connectivity index (χ4v) is 4.83. The summed E-state index contributed by atoms with van der Waals surface area (Å²) >= 11 is 6.68. The first kappa shape index (κ1) is 24.5. The van der Waals surface area contributed by atoms with Gasteiger partial charge in [0.15, 0.2) is 22.4 Å². The number of anilines is 2. The first-order valence-electron chi connectivity index (χ1n) is 10.9. The third kappa shape index (κ3) is 5.55. The number of hydrogen-bond donors (Lipinski definition) is 1. The maximum Gasteiger partial charge on any atom is 0.270 e. The Morgan fingerprint density at radius 3 is 2.57 bits per heavy atom. The number of hydrogen-bond acceptors (Lipinski definition) is 6. The summed E-state index contributed by atoms with van der Waals surface area (Å²) in [4.78, 5) is 27.4. The van der Waals surface area contributed by atoms with E-state index in [0.29, 0.717) is 20.7 Å². The van der Waals surface area contributed by atoms with Gasteiger partial charge in [0, 0.05) is 5.69 Å². The summed E-state index contributed by atoms with van der Waals surface area (Å²) in [5, 5.41) is 2.87. The number of nitrogens with one attached hydrogen (secondary N) is 1. The van der Waals surface area contributed by atoms with E-state index in [1.165, 1.54) is 23.8 Å². The molecule has 0 radical (unpaired) electrons. The van der Waals surface area contributed by atoms with Gasteiger partial charge in [0.2, 0.25) is 0 Å². The number of methoxy groups -OCH3 is 1. The minimum atomic E-state index is -0.269. The van der Waals surface area contributed by atoms with E-state index in [-0.39, 0.29) is 18.4 Å². The first-order valence-corrected chi connectivity index (χ1v) is 12.1. The Balaban J connectivity index is 1.45. The lowest BCUT2D eigenvalue weighted by Crippen LogP contribution is -2.27. The smallest absolute Gasteiger partial charge is 0.270 e. The Bertz CT molecular complexity index is 1320. The number of carbonyl (C=O) groups excluding carboxylic acids is 2. The minimum Gasteiger partial charge on any atom is -0.493 e. The molecule has 1 aliphatic heterocycles. The summed E-state index contributed by atoms with van der Waals surface area (Å²) in [6.07, 6.45) is 1.77. The van der Waals surface area contributed by atoms with Crippen LogP contribution in [0.4, 0.5) is 11.4 Å². The zero-order valence-corrected chi connectivity index (χ0v) is 21.2. The molecule has 0 bridgehead atoms. The van der Waals surface area contributed by atoms with Crippen molar-refractivity contribution >= 4 is 57.6 Å². The normalized spacial score (nSPS) is 14.4. The highest BCUT2D eigenvalue weighted by atomic mass is 32.2. The van der Waals surface area contributed by atoms with Crippen LogP contribution in [0.15, 0.2) is 71.6 Å². The number of carbonyl (C=O) groups is 2. The highest BCUT2D eigenvalue weighted by Gasteiger charge is 2.33. The molecule has 8 heteroatoms. The topological polar surface area (TPSA) is 67.9 Å². The van der Waals surface area contributed by atoms with Gasteiger partial charge < -0.3 is 14.8 Å². The molecule has 35 heavy (non-hydrogen) atoms. The number of benzene rings is 3. The van der Waals surface area contributed by atoms with Crippen molar-refractivity contribution in [3.05, 3.63) is 88.3 Å². The zero-order valence-electron chi connectivity index (χ0n) is 19.5. The molecule has 1 aliphatic rings. The number of rotatable bonds is 7. The van der Waals surface area contributed by atoms with Gasteiger partial charge in [-0.2, -0.15) is 0 Å². The average molecular weight is 505 g/mol. The minimum absolute atomic E-state index is 0.168. The highest BCUT2D eigenvalue weighted by Crippen LogP contribution is 2.37. The number of amides is 2. The fourth-order valence-electron chi connectivity index (χ4n) is 3.53. The van der Waals surface area contributed by atoms with Gasteiger partial charge in [0.1, 0.15) is 0 Å². The van der Waals surface area contributed by atoms with Crippen molar-refractivity contribution in [1.82, 2.24) is 0 Å². The van der Waals surface area contributed by atoms with Crippen LogP contribution in [0.3, 0.4) is 0 Å². The second kappa shape index (κ2) is 10.8. The average Bonchev–Trinajstić information content (AvgIpc) is 3.14. The maximum absolute atomic E-state index is 13.0. The lowest BCUT2D eigenvalue weighted by atomic mass is 10.1. The van der Waals surface area contributed by atoms with Crippen molar-refractivity contribution < 1.29 is 19.1 Å². The third-order valence-corrected chi connectivity index (χ3v) is 6.83. The second-order valence-electron chi connectivity index (χ2n) is 7.85. The first-order chi connectivity index (χ1) is 16.9. The Hall–Kier alpha value is -3.62. The lowest BCUT2D eigenvalue weighted by Gasteiger charge is -2.14. The van der Waals surface area contributed by atoms with Gasteiger partial charge in [-0.05, 0) is 66.9 Å². The van der Waals surface area contributed by atoms with Gasteiger partial charge in [-0.1, -0.05) is 60.4 Å². The summed E-state index contributed by atoms with van der Waals surface area (Å²) in [5.74, 6) is 0.442. The Labute approximate surface area is 213 Å². The maximum atomic E-state index is 13.0. The molecule has 0 atom stereocenters. The van der Waals surface area contributed by atoms with E-state index in [9.17, 15) is 9.59 Å². The van der Waals surface area contributed by atoms with Crippen LogP contribution in [0.5, 0.6) is 11.5 Å². The third-order valence-electron chi connectivity index (χ3n) is 5.53. The molecule has 1 saturated heterocycles. The van der Waals surface area contributed by atoms with Crippen molar-refractivity contribution in [1.29, 1.82) is 0 Å². The molecule has 0 saturated carbocycles. The Morgan fingerprint density at radius 2 is 1.83 bits per heavy atom. The summed E-state index contributed by atoms with van der Waals surface area (Å²) in [7, 11) is 1.52. The van der Waals surface area contributed by atoms with E-state index in [1.54, 1.807) is 24.3 Å². The van der Waals surface area contributed by atoms with Crippen molar-refractivity contribution in [3.8, 4) is 11.5 Å². The van der Waals surface area contributed by atoms with Crippen LogP contribution >= 0.6 is 24.0 Å². The van der Waals surface area contributed by atoms with Crippen LogP contribution in [0.25, 0.3) is 6.08 Å². The summed E-state index contributed by atoms with van der Waals surface area (Å²) < 4.78 is 11.7. The number of thiocarbonyl (C=S) groups is 1. The Morgan fingerprint density at radius 1 is 1.06 bits per heavy atom. The van der Waals surface area contributed by atoms with Gasteiger partial charge in [0.05, 0.1) is 17.7 Å². The van der Waals surface area contributed by atoms with E-state index in [0.717, 1.165) is 28.1 Å². The molecule has 0 aliphatic carbocycles. The van der Waals surface area contributed by atoms with Crippen molar-refractivity contribution in [2.24, 2.45) is 0 Å². The van der Waals surface area contributed by atoms with Gasteiger partial charge in [0.25, 0.3) is 11.8 Å². The van der Waals surface area contributed by atoms with Crippen molar-refractivity contribution in [2.45, 2.75) is 13.8 Å². The van der Waals surface area contributed by atoms with Gasteiger partial charge in [-0.3, -0.25) is 14.5 Å². The zero-order chi connectivity index (χ0) is 24.9. The molecular weight excluding hydrogens is 480 g/mol. The predicted molar refractivity (Wildman–Crippen MR) is 145 cm³/mol. The van der Waals surface area contributed by atoms with Crippen LogP contribution < -0.4 is 19.7 Å². The molecule has 1 N–H and O–H groups in total. The number of thioether (sulfide) groups is 1. The molecule has 178 valence electrons. The fraction of sp³-hybridized carbons (Fsp3) is 0.148. The SMILES string of the molecule is COc1cc(/C=C2\SC(=S)N(c3ccccc3)C2=O)ccc1OCC(=O)Nc1cccc(C)c1C. The molecule has 0 unspecified atom stereocenters. The molecule has 1 heterocycles. The van der Waals surface area contributed by atoms with Crippen LogP contribution in [0.1, 0.15) is 16.7 Å². The second-order valence-corrected chi connectivity index (χ2v) is 9.52. The molecule has 2 amide bonds. The van der Waals surface area contributed by atoms with Gasteiger partial charge in [-0.25, -0.2) is 0 Å². The standard InChI is InChI=1S/C27H24N2O4S2/c1-17-8-7-11-21(18(17)2)28-25(30)16-33-22-13-12-19(14-23(22)32-3)15-24-26(31)29(27(34)35-24)20-9-5-4-6-10-20/h4-15H,16H2,1-3H3,(H,28,30)/b24-15-. The molecule has 3 aromatic carbocycles. The quantitative estimate of drug-likeness (QED) is 0.327. The molecule has 1 fully saturated rings. The van der Waals surface area contributed by atoms with E-state index in [2.05, 4.69) is 5.32 Å². The summed E-state index contributed by atoms with van der Waals surface area (Å²) in [6, 6.07) is 20.3. The van der Waals surface area contributed by atoms with Crippen LogP contribution in [-0.4, -0.2) is 29.9 Å². The van der Waals surface area contributed by atoms with E-state index in [1.807, 2.05) is 62.4 Å². The molecule has 0 spiro atoms. The summed E-state index contributed by atoms with van der Waals surface area (Å²) in [6.45, 7) is 3.79. The number of nitrogens with zero attached hydrogens (tertiary/aromatic N) is 1.